The minimum Gasteiger partial charge on any atom is -0.481 e. The van der Waals surface area contributed by atoms with E-state index in [0.29, 0.717) is 5.82 Å². The summed E-state index contributed by atoms with van der Waals surface area (Å²) in [6.45, 7) is 1.90. The second-order valence-electron chi connectivity index (χ2n) is 5.21. The molecule has 2 unspecified atom stereocenters. The predicted octanol–water partition coefficient (Wildman–Crippen LogP) is 1.72. The van der Waals surface area contributed by atoms with Crippen molar-refractivity contribution in [1.29, 1.82) is 0 Å². The van der Waals surface area contributed by atoms with Gasteiger partial charge in [-0.15, -0.1) is 0 Å². The van der Waals surface area contributed by atoms with Gasteiger partial charge in [0, 0.05) is 17.8 Å². The Labute approximate surface area is 105 Å². The number of anilines is 1. The Balaban J connectivity index is 2.07. The average Bonchev–Trinajstić information content (AvgIpc) is 2.87. The van der Waals surface area contributed by atoms with E-state index in [1.165, 1.54) is 0 Å². The summed E-state index contributed by atoms with van der Waals surface area (Å²) < 4.78 is 2.08. The smallest absolute Gasteiger partial charge is 0.307 e. The van der Waals surface area contributed by atoms with Crippen molar-refractivity contribution in [1.82, 2.24) is 4.57 Å². The normalized spacial score (nSPS) is 25.5. The fourth-order valence-electron chi connectivity index (χ4n) is 3.26. The van der Waals surface area contributed by atoms with Gasteiger partial charge in [0.2, 0.25) is 5.91 Å². The van der Waals surface area contributed by atoms with Crippen LogP contribution in [0.5, 0.6) is 0 Å². The zero-order chi connectivity index (χ0) is 12.9. The number of carbonyl (C=O) groups excluding carboxylic acids is 1. The van der Waals surface area contributed by atoms with Crippen LogP contribution in [0.4, 0.5) is 5.82 Å². The largest absolute Gasteiger partial charge is 0.481 e. The zero-order valence-corrected chi connectivity index (χ0v) is 10.3. The Bertz CT molecular complexity index is 533. The van der Waals surface area contributed by atoms with Crippen LogP contribution in [-0.4, -0.2) is 21.6 Å². The number of aryl methyl sites for hydroxylation is 1. The number of hydrogen-bond acceptors (Lipinski definition) is 2. The lowest BCUT2D eigenvalue weighted by atomic mass is 10.00. The molecule has 5 heteroatoms. The molecule has 2 N–H and O–H groups in total. The Morgan fingerprint density at radius 1 is 1.56 bits per heavy atom. The Morgan fingerprint density at radius 3 is 3.06 bits per heavy atom. The van der Waals surface area contributed by atoms with Gasteiger partial charge in [-0.2, -0.15) is 0 Å². The van der Waals surface area contributed by atoms with Gasteiger partial charge in [0.15, 0.2) is 0 Å². The van der Waals surface area contributed by atoms with Crippen molar-refractivity contribution in [3.8, 4) is 0 Å². The number of fused-ring (bicyclic) bond motifs is 3. The summed E-state index contributed by atoms with van der Waals surface area (Å²) in [4.78, 5) is 22.9. The highest BCUT2D eigenvalue weighted by atomic mass is 16.4. The maximum absolute atomic E-state index is 12.0. The van der Waals surface area contributed by atoms with Gasteiger partial charge < -0.3 is 15.0 Å². The van der Waals surface area contributed by atoms with Crippen LogP contribution < -0.4 is 5.32 Å². The van der Waals surface area contributed by atoms with Crippen LogP contribution >= 0.6 is 0 Å². The highest BCUT2D eigenvalue weighted by molar-refractivity contribution is 5.95. The minimum absolute atomic E-state index is 0.0359. The van der Waals surface area contributed by atoms with Crippen LogP contribution in [0, 0.1) is 12.8 Å². The van der Waals surface area contributed by atoms with Crippen LogP contribution in [0.15, 0.2) is 6.20 Å². The topological polar surface area (TPSA) is 71.3 Å². The van der Waals surface area contributed by atoms with Crippen LogP contribution in [0.2, 0.25) is 0 Å². The summed E-state index contributed by atoms with van der Waals surface area (Å²) >= 11 is 0. The van der Waals surface area contributed by atoms with E-state index in [0.717, 1.165) is 30.4 Å². The minimum atomic E-state index is -0.866. The average molecular weight is 248 g/mol. The SMILES string of the molecule is Cc1cn2c(c1CC(=O)O)NC(=O)C1CCCC12. The van der Waals surface area contributed by atoms with Gasteiger partial charge in [0.05, 0.1) is 12.3 Å². The van der Waals surface area contributed by atoms with Gasteiger partial charge in [0.25, 0.3) is 0 Å². The molecule has 2 atom stereocenters. The lowest BCUT2D eigenvalue weighted by molar-refractivity contribution is -0.136. The number of carbonyl (C=O) groups is 2. The molecule has 1 aromatic heterocycles. The van der Waals surface area contributed by atoms with Crippen molar-refractivity contribution in [2.75, 3.05) is 5.32 Å². The Hall–Kier alpha value is -1.78. The second kappa shape index (κ2) is 3.86. The lowest BCUT2D eigenvalue weighted by Crippen LogP contribution is -2.34. The zero-order valence-electron chi connectivity index (χ0n) is 10.3. The number of carboxylic acids is 1. The highest BCUT2D eigenvalue weighted by Gasteiger charge is 2.40. The standard InChI is InChI=1S/C13H16N2O3/c1-7-6-15-10-4-2-3-8(10)13(18)14-12(15)9(7)5-11(16)17/h6,8,10H,2-5H2,1H3,(H,14,18)(H,16,17). The number of nitrogens with zero attached hydrogens (tertiary/aromatic N) is 1. The third-order valence-corrected chi connectivity index (χ3v) is 4.10. The molecule has 1 aliphatic heterocycles. The first-order valence-electron chi connectivity index (χ1n) is 6.31. The summed E-state index contributed by atoms with van der Waals surface area (Å²) in [6, 6.07) is 0.218. The van der Waals surface area contributed by atoms with Gasteiger partial charge in [-0.1, -0.05) is 6.42 Å². The van der Waals surface area contributed by atoms with Gasteiger partial charge in [-0.25, -0.2) is 0 Å². The maximum atomic E-state index is 12.0. The molecule has 2 aliphatic rings. The van der Waals surface area contributed by atoms with Crippen molar-refractivity contribution >= 4 is 17.7 Å². The molecule has 2 heterocycles. The van der Waals surface area contributed by atoms with E-state index in [4.69, 9.17) is 5.11 Å². The number of nitrogens with one attached hydrogen (secondary N) is 1. The number of rotatable bonds is 2. The fourth-order valence-corrected chi connectivity index (χ4v) is 3.26. The van der Waals surface area contributed by atoms with E-state index in [1.807, 2.05) is 13.1 Å². The van der Waals surface area contributed by atoms with Gasteiger partial charge in [-0.3, -0.25) is 9.59 Å². The third-order valence-electron chi connectivity index (χ3n) is 4.10. The van der Waals surface area contributed by atoms with Crippen LogP contribution in [0.1, 0.15) is 36.4 Å². The fraction of sp³-hybridized carbons (Fsp3) is 0.538. The first kappa shape index (κ1) is 11.3. The monoisotopic (exact) mass is 248 g/mol. The summed E-state index contributed by atoms with van der Waals surface area (Å²) in [7, 11) is 0. The van der Waals surface area contributed by atoms with E-state index in [9.17, 15) is 9.59 Å². The van der Waals surface area contributed by atoms with Crippen molar-refractivity contribution < 1.29 is 14.7 Å². The molecule has 96 valence electrons. The number of amides is 1. The molecular weight excluding hydrogens is 232 g/mol. The molecule has 0 bridgehead atoms. The first-order chi connectivity index (χ1) is 8.58. The second-order valence-corrected chi connectivity index (χ2v) is 5.21. The van der Waals surface area contributed by atoms with Crippen molar-refractivity contribution in [2.24, 2.45) is 5.92 Å². The predicted molar refractivity (Wildman–Crippen MR) is 65.5 cm³/mol. The molecule has 1 aliphatic carbocycles. The molecule has 0 spiro atoms. The number of hydrogen-bond donors (Lipinski definition) is 2. The first-order valence-corrected chi connectivity index (χ1v) is 6.31. The van der Waals surface area contributed by atoms with Crippen molar-refractivity contribution in [3.05, 3.63) is 17.3 Å². The molecule has 1 saturated carbocycles. The van der Waals surface area contributed by atoms with Crippen LogP contribution in [0.3, 0.4) is 0 Å². The molecule has 0 saturated heterocycles. The van der Waals surface area contributed by atoms with Gasteiger partial charge in [-0.05, 0) is 25.3 Å². The summed E-state index contributed by atoms with van der Waals surface area (Å²) in [6.07, 6.45) is 4.95. The Kier molecular flexibility index (Phi) is 2.43. The highest BCUT2D eigenvalue weighted by Crippen LogP contribution is 2.43. The van der Waals surface area contributed by atoms with E-state index in [2.05, 4.69) is 9.88 Å². The van der Waals surface area contributed by atoms with E-state index in [-0.39, 0.29) is 24.3 Å². The molecule has 3 rings (SSSR count). The van der Waals surface area contributed by atoms with E-state index < -0.39 is 5.97 Å². The molecule has 18 heavy (non-hydrogen) atoms. The molecule has 5 nitrogen and oxygen atoms in total. The molecule has 1 fully saturated rings. The molecular formula is C13H16N2O3. The molecule has 0 radical (unpaired) electrons. The van der Waals surface area contributed by atoms with E-state index in [1.54, 1.807) is 0 Å². The Morgan fingerprint density at radius 2 is 2.33 bits per heavy atom. The van der Waals surface area contributed by atoms with Crippen molar-refractivity contribution in [2.45, 2.75) is 38.6 Å². The molecule has 1 aromatic rings. The summed E-state index contributed by atoms with van der Waals surface area (Å²) in [5.41, 5.74) is 1.68. The van der Waals surface area contributed by atoms with Crippen LogP contribution in [0.25, 0.3) is 0 Å². The maximum Gasteiger partial charge on any atom is 0.307 e. The summed E-state index contributed by atoms with van der Waals surface area (Å²) in [5.74, 6) is -0.0605. The summed E-state index contributed by atoms with van der Waals surface area (Å²) in [5, 5.41) is 11.8. The third kappa shape index (κ3) is 1.54. The lowest BCUT2D eigenvalue weighted by Gasteiger charge is -2.29. The number of aromatic nitrogens is 1. The van der Waals surface area contributed by atoms with Crippen LogP contribution in [-0.2, 0) is 16.0 Å². The molecule has 0 aromatic carbocycles. The number of aliphatic carboxylic acids is 1. The van der Waals surface area contributed by atoms with E-state index >= 15 is 0 Å². The van der Waals surface area contributed by atoms with Gasteiger partial charge in [0.1, 0.15) is 5.82 Å². The van der Waals surface area contributed by atoms with Crippen molar-refractivity contribution in [3.63, 3.8) is 0 Å². The molecule has 1 amide bonds. The quantitative estimate of drug-likeness (QED) is 0.837. The van der Waals surface area contributed by atoms with Gasteiger partial charge >= 0.3 is 5.97 Å². The number of carboxylic acid groups (broad SMARTS) is 1.